The van der Waals surface area contributed by atoms with E-state index in [4.69, 9.17) is 10.5 Å². The van der Waals surface area contributed by atoms with E-state index in [2.05, 4.69) is 4.99 Å². The maximum Gasteiger partial charge on any atom is 0.418 e. The number of ether oxygens (including phenoxy) is 1. The second-order valence-electron chi connectivity index (χ2n) is 4.63. The van der Waals surface area contributed by atoms with Crippen LogP contribution in [0.15, 0.2) is 23.2 Å². The summed E-state index contributed by atoms with van der Waals surface area (Å²) in [4.78, 5) is 5.39. The van der Waals surface area contributed by atoms with Gasteiger partial charge in [-0.1, -0.05) is 0 Å². The Kier molecular flexibility index (Phi) is 4.24. The van der Waals surface area contributed by atoms with Crippen molar-refractivity contribution in [3.05, 3.63) is 29.6 Å². The van der Waals surface area contributed by atoms with E-state index in [9.17, 15) is 17.6 Å². The van der Waals surface area contributed by atoms with E-state index >= 15 is 0 Å². The lowest BCUT2D eigenvalue weighted by Crippen LogP contribution is -2.33. The standard InChI is InChI=1S/C13H15F4N3O/c1-2-20(6-9-7-21-12(18)19-9)11-5-8(14)3-4-10(11)13(15,16)17/h3-5,9H,2,6-7H2,1H3,(H2,18,19)/t9-/m1/s1. The van der Waals surface area contributed by atoms with E-state index in [-0.39, 0.29) is 37.4 Å². The summed E-state index contributed by atoms with van der Waals surface area (Å²) in [6.45, 7) is 2.34. The minimum absolute atomic E-state index is 0.0198. The molecule has 0 bridgehead atoms. The number of nitrogens with zero attached hydrogens (tertiary/aromatic N) is 2. The molecule has 8 heteroatoms. The minimum atomic E-state index is -4.55. The van der Waals surface area contributed by atoms with Crippen LogP contribution in [-0.4, -0.2) is 31.8 Å². The quantitative estimate of drug-likeness (QED) is 0.869. The Labute approximate surface area is 119 Å². The topological polar surface area (TPSA) is 50.9 Å². The van der Waals surface area contributed by atoms with Gasteiger partial charge in [0.15, 0.2) is 0 Å². The Morgan fingerprint density at radius 1 is 1.43 bits per heavy atom. The molecular weight excluding hydrogens is 290 g/mol. The first-order valence-electron chi connectivity index (χ1n) is 6.39. The van der Waals surface area contributed by atoms with Crippen molar-refractivity contribution < 1.29 is 22.3 Å². The zero-order valence-electron chi connectivity index (χ0n) is 11.3. The molecule has 4 nitrogen and oxygen atoms in total. The van der Waals surface area contributed by atoms with Gasteiger partial charge in [0, 0.05) is 13.1 Å². The molecule has 1 aliphatic rings. The van der Waals surface area contributed by atoms with E-state index < -0.39 is 17.6 Å². The van der Waals surface area contributed by atoms with E-state index in [1.165, 1.54) is 4.90 Å². The van der Waals surface area contributed by atoms with Gasteiger partial charge in [0.1, 0.15) is 18.5 Å². The van der Waals surface area contributed by atoms with Crippen molar-refractivity contribution in [1.82, 2.24) is 0 Å². The van der Waals surface area contributed by atoms with Crippen molar-refractivity contribution in [3.63, 3.8) is 0 Å². The predicted octanol–water partition coefficient (Wildman–Crippen LogP) is 2.38. The fourth-order valence-corrected chi connectivity index (χ4v) is 2.19. The highest BCUT2D eigenvalue weighted by atomic mass is 19.4. The van der Waals surface area contributed by atoms with E-state index in [1.54, 1.807) is 6.92 Å². The molecule has 0 aliphatic carbocycles. The molecule has 2 rings (SSSR count). The predicted molar refractivity (Wildman–Crippen MR) is 70.7 cm³/mol. The number of alkyl halides is 3. The first-order valence-corrected chi connectivity index (χ1v) is 6.39. The van der Waals surface area contributed by atoms with Gasteiger partial charge < -0.3 is 15.4 Å². The average Bonchev–Trinajstić information content (AvgIpc) is 2.80. The molecule has 1 aliphatic heterocycles. The van der Waals surface area contributed by atoms with Crippen LogP contribution < -0.4 is 10.6 Å². The highest BCUT2D eigenvalue weighted by Gasteiger charge is 2.35. The molecule has 0 saturated heterocycles. The number of nitrogens with two attached hydrogens (primary N) is 1. The number of rotatable bonds is 4. The SMILES string of the molecule is CCN(C[C@@H]1COC(N)=N1)c1cc(F)ccc1C(F)(F)F. The summed E-state index contributed by atoms with van der Waals surface area (Å²) in [5.74, 6) is -0.720. The molecule has 0 aromatic heterocycles. The fraction of sp³-hybridized carbons (Fsp3) is 0.462. The summed E-state index contributed by atoms with van der Waals surface area (Å²) in [6.07, 6.45) is -4.55. The van der Waals surface area contributed by atoms with Crippen LogP contribution in [0.5, 0.6) is 0 Å². The summed E-state index contributed by atoms with van der Waals surface area (Å²) in [6, 6.07) is 2.08. The van der Waals surface area contributed by atoms with Gasteiger partial charge in [0.2, 0.25) is 0 Å². The summed E-state index contributed by atoms with van der Waals surface area (Å²) in [5, 5.41) is 0. The van der Waals surface area contributed by atoms with Gasteiger partial charge >= 0.3 is 6.18 Å². The zero-order chi connectivity index (χ0) is 15.6. The van der Waals surface area contributed by atoms with Crippen LogP contribution >= 0.6 is 0 Å². The summed E-state index contributed by atoms with van der Waals surface area (Å²) in [7, 11) is 0. The highest BCUT2D eigenvalue weighted by molar-refractivity contribution is 5.73. The molecule has 2 N–H and O–H groups in total. The lowest BCUT2D eigenvalue weighted by molar-refractivity contribution is -0.137. The molecule has 1 aromatic carbocycles. The number of halogens is 4. The largest absolute Gasteiger partial charge is 0.463 e. The molecule has 0 radical (unpaired) electrons. The van der Waals surface area contributed by atoms with Crippen molar-refractivity contribution in [3.8, 4) is 0 Å². The monoisotopic (exact) mass is 305 g/mol. The van der Waals surface area contributed by atoms with Gasteiger partial charge in [-0.3, -0.25) is 0 Å². The van der Waals surface area contributed by atoms with Crippen LogP contribution in [0.3, 0.4) is 0 Å². The molecule has 0 amide bonds. The molecule has 1 aromatic rings. The Morgan fingerprint density at radius 2 is 2.14 bits per heavy atom. The number of hydrogen-bond acceptors (Lipinski definition) is 4. The molecule has 21 heavy (non-hydrogen) atoms. The maximum absolute atomic E-state index is 13.3. The molecule has 1 atom stereocenters. The van der Waals surface area contributed by atoms with Crippen LogP contribution in [-0.2, 0) is 10.9 Å². The van der Waals surface area contributed by atoms with Crippen LogP contribution in [0.2, 0.25) is 0 Å². The van der Waals surface area contributed by atoms with Gasteiger partial charge in [-0.15, -0.1) is 0 Å². The highest BCUT2D eigenvalue weighted by Crippen LogP contribution is 2.37. The van der Waals surface area contributed by atoms with Crippen LogP contribution in [0.25, 0.3) is 0 Å². The molecule has 116 valence electrons. The number of anilines is 1. The van der Waals surface area contributed by atoms with Crippen LogP contribution in [0, 0.1) is 5.82 Å². The van der Waals surface area contributed by atoms with Gasteiger partial charge in [0.05, 0.1) is 11.3 Å². The van der Waals surface area contributed by atoms with Gasteiger partial charge in [-0.05, 0) is 25.1 Å². The maximum atomic E-state index is 13.3. The Hall–Kier alpha value is -1.99. The summed E-state index contributed by atoms with van der Waals surface area (Å²) in [5.41, 5.74) is 4.30. The third-order valence-corrected chi connectivity index (χ3v) is 3.15. The number of aliphatic imine (C=N–C) groups is 1. The van der Waals surface area contributed by atoms with Gasteiger partial charge in [-0.25, -0.2) is 9.38 Å². The average molecular weight is 305 g/mol. The Bertz CT molecular complexity index is 545. The van der Waals surface area contributed by atoms with Gasteiger partial charge in [0.25, 0.3) is 6.02 Å². The third kappa shape index (κ3) is 3.56. The van der Waals surface area contributed by atoms with Crippen molar-refractivity contribution in [2.75, 3.05) is 24.6 Å². The first-order chi connectivity index (χ1) is 9.81. The molecule has 0 unspecified atom stereocenters. The molecular formula is C13H15F4N3O. The van der Waals surface area contributed by atoms with Crippen molar-refractivity contribution in [1.29, 1.82) is 0 Å². The Morgan fingerprint density at radius 3 is 2.67 bits per heavy atom. The van der Waals surface area contributed by atoms with Crippen LogP contribution in [0.4, 0.5) is 23.2 Å². The smallest absolute Gasteiger partial charge is 0.418 e. The second kappa shape index (κ2) is 5.79. The summed E-state index contributed by atoms with van der Waals surface area (Å²) < 4.78 is 57.4. The van der Waals surface area contributed by atoms with Crippen LogP contribution in [0.1, 0.15) is 12.5 Å². The lowest BCUT2D eigenvalue weighted by Gasteiger charge is -2.27. The summed E-state index contributed by atoms with van der Waals surface area (Å²) >= 11 is 0. The minimum Gasteiger partial charge on any atom is -0.463 e. The van der Waals surface area contributed by atoms with E-state index in [0.29, 0.717) is 0 Å². The van der Waals surface area contributed by atoms with Crippen molar-refractivity contribution in [2.45, 2.75) is 19.1 Å². The molecule has 0 saturated carbocycles. The van der Waals surface area contributed by atoms with E-state index in [1.807, 2.05) is 0 Å². The Balaban J connectivity index is 2.31. The first kappa shape index (κ1) is 15.4. The molecule has 1 heterocycles. The number of benzene rings is 1. The van der Waals surface area contributed by atoms with Gasteiger partial charge in [-0.2, -0.15) is 13.2 Å². The molecule has 0 spiro atoms. The number of likely N-dealkylation sites (N-methyl/N-ethyl adjacent to an activating group) is 1. The second-order valence-corrected chi connectivity index (χ2v) is 4.63. The number of hydrogen-bond donors (Lipinski definition) is 1. The fourth-order valence-electron chi connectivity index (χ4n) is 2.19. The lowest BCUT2D eigenvalue weighted by atomic mass is 10.1. The van der Waals surface area contributed by atoms with E-state index in [0.717, 1.165) is 18.2 Å². The third-order valence-electron chi connectivity index (χ3n) is 3.15. The normalized spacial score (nSPS) is 18.3. The van der Waals surface area contributed by atoms with Crippen molar-refractivity contribution in [2.24, 2.45) is 10.7 Å². The molecule has 0 fully saturated rings. The number of amidine groups is 1. The zero-order valence-corrected chi connectivity index (χ0v) is 11.3. The van der Waals surface area contributed by atoms with Crippen molar-refractivity contribution >= 4 is 11.7 Å².